The van der Waals surface area contributed by atoms with Gasteiger partial charge in [0.2, 0.25) is 0 Å². The predicted octanol–water partition coefficient (Wildman–Crippen LogP) is 0.382. The van der Waals surface area contributed by atoms with Gasteiger partial charge in [-0.05, 0) is 27.3 Å². The molecule has 2 atom stereocenters. The van der Waals surface area contributed by atoms with E-state index in [2.05, 4.69) is 50.6 Å². The first-order valence-electron chi connectivity index (χ1n) is 8.95. The van der Waals surface area contributed by atoms with E-state index in [9.17, 15) is 5.11 Å². The predicted molar refractivity (Wildman–Crippen MR) is 92.8 cm³/mol. The van der Waals surface area contributed by atoms with Gasteiger partial charge in [0.15, 0.2) is 5.82 Å². The van der Waals surface area contributed by atoms with E-state index in [0.717, 1.165) is 43.5 Å². The number of likely N-dealkylation sites (N-methyl/N-ethyl adjacent to an activating group) is 1. The van der Waals surface area contributed by atoms with Crippen LogP contribution in [-0.4, -0.2) is 65.7 Å². The maximum Gasteiger partial charge on any atom is 0.150 e. The molecular weight excluding hydrogens is 318 g/mol. The fraction of sp³-hybridized carbons (Fsp3) is 0.706. The average molecular weight is 345 g/mol. The summed E-state index contributed by atoms with van der Waals surface area (Å²) >= 11 is 0. The molecule has 0 bridgehead atoms. The Kier molecular flexibility index (Phi) is 4.13. The van der Waals surface area contributed by atoms with Crippen molar-refractivity contribution in [2.24, 2.45) is 7.05 Å². The highest BCUT2D eigenvalue weighted by molar-refractivity contribution is 5.25. The van der Waals surface area contributed by atoms with E-state index >= 15 is 0 Å². The summed E-state index contributed by atoms with van der Waals surface area (Å²) in [4.78, 5) is 4.59. The summed E-state index contributed by atoms with van der Waals surface area (Å²) in [5.41, 5.74) is 3.49. The number of aryl methyl sites for hydroxylation is 2. The molecule has 4 heterocycles. The summed E-state index contributed by atoms with van der Waals surface area (Å²) in [6, 6.07) is 0.110. The third kappa shape index (κ3) is 2.88. The molecule has 0 aliphatic carbocycles. The molecule has 8 nitrogen and oxygen atoms in total. The second-order valence-corrected chi connectivity index (χ2v) is 7.47. The van der Waals surface area contributed by atoms with Crippen LogP contribution in [0.25, 0.3) is 0 Å². The monoisotopic (exact) mass is 345 g/mol. The van der Waals surface area contributed by atoms with Gasteiger partial charge in [-0.3, -0.25) is 14.5 Å². The van der Waals surface area contributed by atoms with E-state index in [1.54, 1.807) is 0 Å². The molecule has 4 rings (SSSR count). The first kappa shape index (κ1) is 16.7. The normalized spacial score (nSPS) is 24.8. The Morgan fingerprint density at radius 3 is 2.68 bits per heavy atom. The van der Waals surface area contributed by atoms with Gasteiger partial charge in [0.05, 0.1) is 24.4 Å². The van der Waals surface area contributed by atoms with Gasteiger partial charge in [0.1, 0.15) is 5.82 Å². The molecule has 2 aliphatic heterocycles. The zero-order chi connectivity index (χ0) is 17.7. The average Bonchev–Trinajstić information content (AvgIpc) is 3.19. The van der Waals surface area contributed by atoms with Crippen molar-refractivity contribution in [1.29, 1.82) is 0 Å². The SMILES string of the molecule is Cc1nn(C)c(C)c1CN1C[C@@H](O)C[C@H]1c1nnc2n1CCN(C)C2. The topological polar surface area (TPSA) is 75.2 Å². The Bertz CT molecular complexity index is 780. The second kappa shape index (κ2) is 6.19. The molecule has 2 aromatic rings. The lowest BCUT2D eigenvalue weighted by Crippen LogP contribution is -2.33. The standard InChI is InChI=1S/C17H27N7O/c1-11-14(12(2)22(4)20-11)9-23-8-13(25)7-15(23)17-19-18-16-10-21(3)5-6-24(16)17/h13,15,25H,5-10H2,1-4H3/t13-,15-/m0/s1. The molecule has 8 heteroatoms. The van der Waals surface area contributed by atoms with Crippen LogP contribution >= 0.6 is 0 Å². The summed E-state index contributed by atoms with van der Waals surface area (Å²) in [6.45, 7) is 8.37. The number of rotatable bonds is 3. The Morgan fingerprint density at radius 1 is 1.16 bits per heavy atom. The van der Waals surface area contributed by atoms with Gasteiger partial charge in [-0.15, -0.1) is 10.2 Å². The molecule has 0 spiro atoms. The van der Waals surface area contributed by atoms with Gasteiger partial charge in [-0.1, -0.05) is 0 Å². The van der Waals surface area contributed by atoms with Crippen molar-refractivity contribution >= 4 is 0 Å². The Labute approximate surface area is 148 Å². The van der Waals surface area contributed by atoms with Crippen molar-refractivity contribution in [3.05, 3.63) is 28.6 Å². The fourth-order valence-electron chi connectivity index (χ4n) is 4.12. The minimum atomic E-state index is -0.318. The number of aliphatic hydroxyl groups is 1. The van der Waals surface area contributed by atoms with Gasteiger partial charge in [0.25, 0.3) is 0 Å². The molecule has 1 N–H and O–H groups in total. The Morgan fingerprint density at radius 2 is 1.96 bits per heavy atom. The van der Waals surface area contributed by atoms with Crippen LogP contribution < -0.4 is 0 Å². The Hall–Kier alpha value is -1.77. The second-order valence-electron chi connectivity index (χ2n) is 7.47. The Balaban J connectivity index is 1.63. The van der Waals surface area contributed by atoms with Gasteiger partial charge < -0.3 is 9.67 Å². The van der Waals surface area contributed by atoms with E-state index in [4.69, 9.17) is 0 Å². The largest absolute Gasteiger partial charge is 0.392 e. The molecule has 0 aromatic carbocycles. The molecule has 0 saturated carbocycles. The van der Waals surface area contributed by atoms with Crippen LogP contribution in [0, 0.1) is 13.8 Å². The van der Waals surface area contributed by atoms with Gasteiger partial charge in [-0.2, -0.15) is 5.10 Å². The summed E-state index contributed by atoms with van der Waals surface area (Å²) in [7, 11) is 4.09. The number of fused-ring (bicyclic) bond motifs is 1. The lowest BCUT2D eigenvalue weighted by molar-refractivity contribution is 0.171. The van der Waals surface area contributed by atoms with E-state index in [1.807, 2.05) is 11.7 Å². The number of likely N-dealkylation sites (tertiary alicyclic amines) is 1. The number of hydrogen-bond donors (Lipinski definition) is 1. The van der Waals surface area contributed by atoms with Crippen molar-refractivity contribution in [2.45, 2.75) is 52.0 Å². The van der Waals surface area contributed by atoms with Crippen LogP contribution in [0.4, 0.5) is 0 Å². The fourth-order valence-corrected chi connectivity index (χ4v) is 4.12. The molecule has 0 radical (unpaired) electrons. The molecule has 1 fully saturated rings. The zero-order valence-electron chi connectivity index (χ0n) is 15.5. The van der Waals surface area contributed by atoms with Crippen molar-refractivity contribution in [3.8, 4) is 0 Å². The van der Waals surface area contributed by atoms with E-state index < -0.39 is 0 Å². The lowest BCUT2D eigenvalue weighted by atomic mass is 10.1. The first-order valence-corrected chi connectivity index (χ1v) is 8.95. The number of hydrogen-bond acceptors (Lipinski definition) is 6. The molecule has 25 heavy (non-hydrogen) atoms. The van der Waals surface area contributed by atoms with Crippen LogP contribution in [0.3, 0.4) is 0 Å². The number of aromatic nitrogens is 5. The van der Waals surface area contributed by atoms with Crippen LogP contribution in [-0.2, 0) is 26.7 Å². The summed E-state index contributed by atoms with van der Waals surface area (Å²) in [6.07, 6.45) is 0.397. The van der Waals surface area contributed by atoms with Crippen LogP contribution in [0.5, 0.6) is 0 Å². The summed E-state index contributed by atoms with van der Waals surface area (Å²) in [5, 5.41) is 23.7. The maximum atomic E-state index is 10.3. The molecule has 2 aromatic heterocycles. The first-order chi connectivity index (χ1) is 11.9. The number of aliphatic hydroxyl groups excluding tert-OH is 1. The molecule has 0 unspecified atom stereocenters. The highest BCUT2D eigenvalue weighted by Crippen LogP contribution is 2.34. The highest BCUT2D eigenvalue weighted by atomic mass is 16.3. The molecule has 1 saturated heterocycles. The van der Waals surface area contributed by atoms with E-state index in [-0.39, 0.29) is 12.1 Å². The minimum absolute atomic E-state index is 0.110. The quantitative estimate of drug-likeness (QED) is 0.867. The van der Waals surface area contributed by atoms with Crippen LogP contribution in [0.1, 0.15) is 41.1 Å². The molecule has 136 valence electrons. The number of nitrogens with zero attached hydrogens (tertiary/aromatic N) is 7. The molecular formula is C17H27N7O. The third-order valence-electron chi connectivity index (χ3n) is 5.67. The highest BCUT2D eigenvalue weighted by Gasteiger charge is 2.37. The van der Waals surface area contributed by atoms with Crippen molar-refractivity contribution < 1.29 is 5.11 Å². The summed E-state index contributed by atoms with van der Waals surface area (Å²) in [5.74, 6) is 2.03. The summed E-state index contributed by atoms with van der Waals surface area (Å²) < 4.78 is 4.18. The van der Waals surface area contributed by atoms with Crippen molar-refractivity contribution in [2.75, 3.05) is 20.1 Å². The van der Waals surface area contributed by atoms with Gasteiger partial charge in [0, 0.05) is 44.5 Å². The zero-order valence-corrected chi connectivity index (χ0v) is 15.5. The lowest BCUT2D eigenvalue weighted by Gasteiger charge is -2.27. The van der Waals surface area contributed by atoms with Gasteiger partial charge in [-0.25, -0.2) is 0 Å². The van der Waals surface area contributed by atoms with Crippen molar-refractivity contribution in [1.82, 2.24) is 34.3 Å². The van der Waals surface area contributed by atoms with Crippen molar-refractivity contribution in [3.63, 3.8) is 0 Å². The van der Waals surface area contributed by atoms with Crippen LogP contribution in [0.2, 0.25) is 0 Å². The molecule has 2 aliphatic rings. The van der Waals surface area contributed by atoms with Gasteiger partial charge >= 0.3 is 0 Å². The maximum absolute atomic E-state index is 10.3. The minimum Gasteiger partial charge on any atom is -0.392 e. The van der Waals surface area contributed by atoms with Crippen LogP contribution in [0.15, 0.2) is 0 Å². The smallest absolute Gasteiger partial charge is 0.150 e. The third-order valence-corrected chi connectivity index (χ3v) is 5.67. The number of β-amino-alcohol motifs (C(OH)–C–C–N with tert-alkyl or cyclic N) is 1. The van der Waals surface area contributed by atoms with E-state index in [1.165, 1.54) is 11.3 Å². The van der Waals surface area contributed by atoms with E-state index in [0.29, 0.717) is 13.0 Å². The molecule has 0 amide bonds.